The van der Waals surface area contributed by atoms with Crippen molar-refractivity contribution in [1.82, 2.24) is 15.5 Å². The lowest BCUT2D eigenvalue weighted by molar-refractivity contribution is -0.143. The normalized spacial score (nSPS) is 13.3. The summed E-state index contributed by atoms with van der Waals surface area (Å²) < 4.78 is 78.9. The van der Waals surface area contributed by atoms with E-state index in [-0.39, 0.29) is 11.2 Å². The zero-order chi connectivity index (χ0) is 29.8. The predicted molar refractivity (Wildman–Crippen MR) is 140 cm³/mol. The topological polar surface area (TPSA) is 99.2 Å². The third-order valence-corrected chi connectivity index (χ3v) is 6.80. The first-order chi connectivity index (χ1) is 18.6. The molecule has 216 valence electrons. The van der Waals surface area contributed by atoms with Gasteiger partial charge in [0, 0.05) is 31.0 Å². The van der Waals surface area contributed by atoms with Crippen molar-refractivity contribution in [2.75, 3.05) is 29.6 Å². The number of benzene rings is 2. The van der Waals surface area contributed by atoms with Gasteiger partial charge in [-0.15, -0.1) is 10.2 Å². The molecule has 0 aliphatic rings. The SMILES string of the molecule is CCC(C)C(NC(=O)Nc1cc(C(F)(F)F)cc(C(F)(F)F)c1)C(=O)Nc1nnc(-c2ccc(N(C)C)cc2)s1. The number of hydrogen-bond acceptors (Lipinski definition) is 6. The first kappa shape index (κ1) is 30.7. The van der Waals surface area contributed by atoms with Crippen LogP contribution in [0, 0.1) is 5.92 Å². The Labute approximate surface area is 229 Å². The van der Waals surface area contributed by atoms with Gasteiger partial charge in [-0.2, -0.15) is 26.3 Å². The lowest BCUT2D eigenvalue weighted by atomic mass is 9.98. The summed E-state index contributed by atoms with van der Waals surface area (Å²) in [6, 6.07) is 5.81. The van der Waals surface area contributed by atoms with E-state index in [1.165, 1.54) is 0 Å². The molecule has 0 aliphatic heterocycles. The molecule has 0 saturated carbocycles. The molecule has 1 heterocycles. The van der Waals surface area contributed by atoms with Gasteiger partial charge in [0.1, 0.15) is 11.0 Å². The van der Waals surface area contributed by atoms with E-state index in [1.54, 1.807) is 13.8 Å². The number of amides is 3. The molecular weight excluding hydrogens is 562 g/mol. The van der Waals surface area contributed by atoms with E-state index in [1.807, 2.05) is 48.6 Å². The summed E-state index contributed by atoms with van der Waals surface area (Å²) in [5.74, 6) is -1.14. The van der Waals surface area contributed by atoms with Crippen LogP contribution in [0.1, 0.15) is 31.4 Å². The Kier molecular flexibility index (Phi) is 9.28. The minimum absolute atomic E-state index is 0.0502. The lowest BCUT2D eigenvalue weighted by Gasteiger charge is -2.23. The number of alkyl halides is 6. The van der Waals surface area contributed by atoms with Crippen LogP contribution in [0.5, 0.6) is 0 Å². The minimum Gasteiger partial charge on any atom is -0.378 e. The molecule has 2 unspecified atom stereocenters. The van der Waals surface area contributed by atoms with Crippen molar-refractivity contribution in [3.05, 3.63) is 53.6 Å². The van der Waals surface area contributed by atoms with Gasteiger partial charge in [0.15, 0.2) is 0 Å². The Bertz CT molecular complexity index is 1310. The fourth-order valence-electron chi connectivity index (χ4n) is 3.51. The van der Waals surface area contributed by atoms with Crippen LogP contribution < -0.4 is 20.9 Å². The number of anilines is 3. The summed E-state index contributed by atoms with van der Waals surface area (Å²) in [6.07, 6.45) is -9.75. The average molecular weight is 589 g/mol. The smallest absolute Gasteiger partial charge is 0.378 e. The summed E-state index contributed by atoms with van der Waals surface area (Å²) in [4.78, 5) is 27.5. The maximum absolute atomic E-state index is 13.1. The molecule has 3 aromatic rings. The van der Waals surface area contributed by atoms with Crippen molar-refractivity contribution in [3.63, 3.8) is 0 Å². The van der Waals surface area contributed by atoms with Crippen LogP contribution in [0.15, 0.2) is 42.5 Å². The van der Waals surface area contributed by atoms with Crippen molar-refractivity contribution < 1.29 is 35.9 Å². The van der Waals surface area contributed by atoms with E-state index in [0.29, 0.717) is 23.6 Å². The van der Waals surface area contributed by atoms with Crippen LogP contribution in [-0.2, 0) is 17.1 Å². The largest absolute Gasteiger partial charge is 0.416 e. The average Bonchev–Trinajstić information content (AvgIpc) is 3.34. The molecule has 0 fully saturated rings. The van der Waals surface area contributed by atoms with Crippen LogP contribution in [0.4, 0.5) is 47.6 Å². The number of carbonyl (C=O) groups is 2. The molecule has 8 nitrogen and oxygen atoms in total. The molecule has 3 N–H and O–H groups in total. The van der Waals surface area contributed by atoms with Crippen LogP contribution in [-0.4, -0.2) is 42.3 Å². The monoisotopic (exact) mass is 588 g/mol. The summed E-state index contributed by atoms with van der Waals surface area (Å²) >= 11 is 1.09. The number of hydrogen-bond donors (Lipinski definition) is 3. The fourth-order valence-corrected chi connectivity index (χ4v) is 4.27. The number of rotatable bonds is 8. The van der Waals surface area contributed by atoms with Gasteiger partial charge >= 0.3 is 18.4 Å². The highest BCUT2D eigenvalue weighted by molar-refractivity contribution is 7.18. The highest BCUT2D eigenvalue weighted by Gasteiger charge is 2.37. The lowest BCUT2D eigenvalue weighted by Crippen LogP contribution is -2.49. The van der Waals surface area contributed by atoms with E-state index >= 15 is 0 Å². The number of halogens is 6. The van der Waals surface area contributed by atoms with Crippen LogP contribution in [0.25, 0.3) is 10.6 Å². The summed E-state index contributed by atoms with van der Waals surface area (Å²) in [6.45, 7) is 3.39. The Morgan fingerprint density at radius 1 is 0.925 bits per heavy atom. The molecule has 0 radical (unpaired) electrons. The maximum Gasteiger partial charge on any atom is 0.416 e. The Morgan fingerprint density at radius 3 is 2.00 bits per heavy atom. The summed E-state index contributed by atoms with van der Waals surface area (Å²) in [5.41, 5.74) is -2.17. The number of carbonyl (C=O) groups excluding carboxylic acids is 2. The Hall–Kier alpha value is -3.88. The van der Waals surface area contributed by atoms with Gasteiger partial charge in [-0.05, 0) is 48.4 Å². The van der Waals surface area contributed by atoms with Gasteiger partial charge in [0.25, 0.3) is 0 Å². The third kappa shape index (κ3) is 7.83. The highest BCUT2D eigenvalue weighted by Crippen LogP contribution is 2.37. The molecule has 2 aromatic carbocycles. The molecule has 0 bridgehead atoms. The second kappa shape index (κ2) is 12.1. The van der Waals surface area contributed by atoms with Crippen LogP contribution in [0.3, 0.4) is 0 Å². The zero-order valence-electron chi connectivity index (χ0n) is 21.7. The van der Waals surface area contributed by atoms with Crippen molar-refractivity contribution in [3.8, 4) is 10.6 Å². The Morgan fingerprint density at radius 2 is 1.50 bits per heavy atom. The van der Waals surface area contributed by atoms with Crippen molar-refractivity contribution in [2.45, 2.75) is 38.7 Å². The second-order valence-electron chi connectivity index (χ2n) is 9.10. The summed E-state index contributed by atoms with van der Waals surface area (Å²) in [5, 5.41) is 15.6. The van der Waals surface area contributed by atoms with Gasteiger partial charge < -0.3 is 15.5 Å². The molecule has 15 heteroatoms. The van der Waals surface area contributed by atoms with Crippen molar-refractivity contribution >= 4 is 39.8 Å². The van der Waals surface area contributed by atoms with E-state index in [9.17, 15) is 35.9 Å². The quantitative estimate of drug-likeness (QED) is 0.262. The molecule has 0 aliphatic carbocycles. The van der Waals surface area contributed by atoms with Gasteiger partial charge in [0.2, 0.25) is 11.0 Å². The van der Waals surface area contributed by atoms with E-state index in [0.717, 1.165) is 22.6 Å². The number of nitrogens with one attached hydrogen (secondary N) is 3. The minimum atomic E-state index is -5.08. The van der Waals surface area contributed by atoms with E-state index in [4.69, 9.17) is 0 Å². The molecular formula is C25H26F6N6O2S. The maximum atomic E-state index is 13.1. The third-order valence-electron chi connectivity index (χ3n) is 5.91. The van der Waals surface area contributed by atoms with Gasteiger partial charge in [0.05, 0.1) is 11.1 Å². The number of nitrogens with zero attached hydrogens (tertiary/aromatic N) is 3. The zero-order valence-corrected chi connectivity index (χ0v) is 22.6. The molecule has 0 saturated heterocycles. The van der Waals surface area contributed by atoms with Gasteiger partial charge in [-0.1, -0.05) is 31.6 Å². The summed E-state index contributed by atoms with van der Waals surface area (Å²) in [7, 11) is 3.80. The molecule has 40 heavy (non-hydrogen) atoms. The fraction of sp³-hybridized carbons (Fsp3) is 0.360. The molecule has 0 spiro atoms. The van der Waals surface area contributed by atoms with Crippen LogP contribution in [0.2, 0.25) is 0 Å². The molecule has 1 aromatic heterocycles. The second-order valence-corrected chi connectivity index (χ2v) is 10.1. The molecule has 2 atom stereocenters. The number of aromatic nitrogens is 2. The highest BCUT2D eigenvalue weighted by atomic mass is 32.1. The first-order valence-corrected chi connectivity index (χ1v) is 12.7. The van der Waals surface area contributed by atoms with Crippen molar-refractivity contribution in [1.29, 1.82) is 0 Å². The van der Waals surface area contributed by atoms with Crippen molar-refractivity contribution in [2.24, 2.45) is 5.92 Å². The van der Waals surface area contributed by atoms with E-state index < -0.39 is 53.1 Å². The number of urea groups is 1. The first-order valence-electron chi connectivity index (χ1n) is 11.9. The van der Waals surface area contributed by atoms with Crippen LogP contribution >= 0.6 is 11.3 Å². The standard InChI is InChI=1S/C25H26F6N6O2S/c1-5-13(2)19(20(38)34-23-36-35-21(40-23)14-6-8-18(9-7-14)37(3)4)33-22(39)32-17-11-15(24(26,27)28)10-16(12-17)25(29,30)31/h6-13,19H,5H2,1-4H3,(H2,32,33,39)(H,34,36,38). The Balaban J connectivity index is 1.75. The van der Waals surface area contributed by atoms with Gasteiger partial charge in [-0.25, -0.2) is 4.79 Å². The molecule has 3 rings (SSSR count). The molecule has 3 amide bonds. The van der Waals surface area contributed by atoms with Gasteiger partial charge in [-0.3, -0.25) is 10.1 Å². The van der Waals surface area contributed by atoms with E-state index in [2.05, 4.69) is 20.8 Å². The predicted octanol–water partition coefficient (Wildman–Crippen LogP) is 6.48.